The van der Waals surface area contributed by atoms with E-state index in [0.29, 0.717) is 16.5 Å². The third-order valence-electron chi connectivity index (χ3n) is 3.09. The first-order valence-electron chi connectivity index (χ1n) is 6.29. The molecule has 1 atom stereocenters. The van der Waals surface area contributed by atoms with E-state index >= 15 is 0 Å². The van der Waals surface area contributed by atoms with Gasteiger partial charge in [0.25, 0.3) is 0 Å². The molecule has 1 aromatic rings. The van der Waals surface area contributed by atoms with Crippen LogP contribution < -0.4 is 0 Å². The molecule has 110 valence electrons. The van der Waals surface area contributed by atoms with Gasteiger partial charge >= 0.3 is 5.97 Å². The molecule has 0 radical (unpaired) electrons. The van der Waals surface area contributed by atoms with Gasteiger partial charge in [-0.1, -0.05) is 29.3 Å². The molecule has 0 amide bonds. The molecule has 0 saturated carbocycles. The van der Waals surface area contributed by atoms with Crippen molar-refractivity contribution in [2.75, 3.05) is 0 Å². The van der Waals surface area contributed by atoms with Crippen molar-refractivity contribution in [2.24, 2.45) is 5.92 Å². The Bertz CT molecular complexity index is 649. The zero-order valence-corrected chi connectivity index (χ0v) is 12.7. The lowest BCUT2D eigenvalue weighted by atomic mass is 9.92. The van der Waals surface area contributed by atoms with Gasteiger partial charge in [-0.3, -0.25) is 14.4 Å². The fourth-order valence-electron chi connectivity index (χ4n) is 2.04. The predicted octanol–water partition coefficient (Wildman–Crippen LogP) is 3.14. The molecule has 0 fully saturated rings. The van der Waals surface area contributed by atoms with E-state index < -0.39 is 23.5 Å². The van der Waals surface area contributed by atoms with E-state index in [-0.39, 0.29) is 12.2 Å². The third kappa shape index (κ3) is 3.71. The van der Waals surface area contributed by atoms with Crippen molar-refractivity contribution in [3.8, 4) is 0 Å². The standard InChI is InChI=1S/C15H12Cl2O4/c1-8-6-13(19)14(15(20)21-8)12(18)5-3-9-2-4-10(16)11(17)7-9/h2,4,6-7,14H,3,5H2,1H3. The van der Waals surface area contributed by atoms with Gasteiger partial charge < -0.3 is 4.74 Å². The van der Waals surface area contributed by atoms with Crippen molar-refractivity contribution in [3.63, 3.8) is 0 Å². The highest BCUT2D eigenvalue weighted by Gasteiger charge is 2.36. The number of ether oxygens (including phenoxy) is 1. The number of cyclic esters (lactones) is 1. The van der Waals surface area contributed by atoms with Crippen molar-refractivity contribution in [3.05, 3.63) is 45.6 Å². The van der Waals surface area contributed by atoms with Gasteiger partial charge in [0.05, 0.1) is 10.0 Å². The second kappa shape index (κ2) is 6.41. The zero-order valence-electron chi connectivity index (χ0n) is 11.2. The lowest BCUT2D eigenvalue weighted by Crippen LogP contribution is -2.35. The second-order valence-corrected chi connectivity index (χ2v) is 5.54. The van der Waals surface area contributed by atoms with Crippen molar-refractivity contribution < 1.29 is 19.1 Å². The lowest BCUT2D eigenvalue weighted by molar-refractivity contribution is -0.152. The summed E-state index contributed by atoms with van der Waals surface area (Å²) in [5.74, 6) is -2.93. The molecule has 1 aromatic carbocycles. The number of esters is 1. The van der Waals surface area contributed by atoms with Gasteiger partial charge in [-0.15, -0.1) is 0 Å². The molecule has 6 heteroatoms. The molecule has 0 saturated heterocycles. The molecule has 0 spiro atoms. The number of aryl methyl sites for hydroxylation is 1. The molecule has 2 rings (SSSR count). The first-order valence-corrected chi connectivity index (χ1v) is 7.04. The molecule has 21 heavy (non-hydrogen) atoms. The number of Topliss-reactive ketones (excluding diaryl/α,β-unsaturated/α-hetero) is 1. The second-order valence-electron chi connectivity index (χ2n) is 4.73. The van der Waals surface area contributed by atoms with Crippen LogP contribution in [0.4, 0.5) is 0 Å². The van der Waals surface area contributed by atoms with Crippen molar-refractivity contribution in [1.29, 1.82) is 0 Å². The van der Waals surface area contributed by atoms with Gasteiger partial charge in [-0.05, 0) is 31.0 Å². The summed E-state index contributed by atoms with van der Waals surface area (Å²) in [5.41, 5.74) is 0.807. The molecule has 0 N–H and O–H groups in total. The quantitative estimate of drug-likeness (QED) is 0.630. The summed E-state index contributed by atoms with van der Waals surface area (Å²) < 4.78 is 4.82. The SMILES string of the molecule is CC1=CC(=O)C(C(=O)CCc2ccc(Cl)c(Cl)c2)C(=O)O1. The largest absolute Gasteiger partial charge is 0.430 e. The highest BCUT2D eigenvalue weighted by molar-refractivity contribution is 6.42. The first kappa shape index (κ1) is 15.7. The minimum absolute atomic E-state index is 0.0519. The maximum atomic E-state index is 12.0. The van der Waals surface area contributed by atoms with Crippen LogP contribution in [-0.4, -0.2) is 17.5 Å². The van der Waals surface area contributed by atoms with Crippen LogP contribution in [0.5, 0.6) is 0 Å². The Morgan fingerprint density at radius 3 is 2.57 bits per heavy atom. The molecule has 0 aromatic heterocycles. The molecule has 1 aliphatic heterocycles. The monoisotopic (exact) mass is 326 g/mol. The predicted molar refractivity (Wildman–Crippen MR) is 78.1 cm³/mol. The number of allylic oxidation sites excluding steroid dienone is 2. The van der Waals surface area contributed by atoms with E-state index in [0.717, 1.165) is 5.56 Å². The molecule has 0 bridgehead atoms. The number of ketones is 2. The van der Waals surface area contributed by atoms with Crippen molar-refractivity contribution >= 4 is 40.7 Å². The number of hydrogen-bond donors (Lipinski definition) is 0. The first-order chi connectivity index (χ1) is 9.88. The number of carbonyl (C=O) groups is 3. The van der Waals surface area contributed by atoms with Crippen LogP contribution in [0.2, 0.25) is 10.0 Å². The van der Waals surface area contributed by atoms with Gasteiger partial charge in [-0.25, -0.2) is 0 Å². The summed E-state index contributed by atoms with van der Waals surface area (Å²) in [6.07, 6.45) is 1.59. The normalized spacial score (nSPS) is 18.2. The molecule has 1 heterocycles. The minimum atomic E-state index is -1.35. The average Bonchev–Trinajstić information content (AvgIpc) is 2.39. The zero-order chi connectivity index (χ0) is 15.6. The summed E-state index contributed by atoms with van der Waals surface area (Å²) in [7, 11) is 0. The topological polar surface area (TPSA) is 60.4 Å². The van der Waals surface area contributed by atoms with Gasteiger partial charge in [0.1, 0.15) is 5.76 Å². The third-order valence-corrected chi connectivity index (χ3v) is 3.83. The lowest BCUT2D eigenvalue weighted by Gasteiger charge is -2.17. The van der Waals surface area contributed by atoms with Crippen LogP contribution in [-0.2, 0) is 25.5 Å². The number of hydrogen-bond acceptors (Lipinski definition) is 4. The van der Waals surface area contributed by atoms with Crippen LogP contribution in [0.15, 0.2) is 30.0 Å². The number of rotatable bonds is 4. The minimum Gasteiger partial charge on any atom is -0.430 e. The molecule has 0 aliphatic carbocycles. The molecule has 1 unspecified atom stereocenters. The van der Waals surface area contributed by atoms with E-state index in [1.807, 2.05) is 0 Å². The van der Waals surface area contributed by atoms with Gasteiger partial charge in [-0.2, -0.15) is 0 Å². The molecular weight excluding hydrogens is 315 g/mol. The van der Waals surface area contributed by atoms with Crippen LogP contribution >= 0.6 is 23.2 Å². The summed E-state index contributed by atoms with van der Waals surface area (Å²) in [6, 6.07) is 5.03. The van der Waals surface area contributed by atoms with E-state index in [1.165, 1.54) is 13.0 Å². The highest BCUT2D eigenvalue weighted by Crippen LogP contribution is 2.24. The maximum absolute atomic E-state index is 12.0. The van der Waals surface area contributed by atoms with E-state index in [2.05, 4.69) is 0 Å². The van der Waals surface area contributed by atoms with Crippen molar-refractivity contribution in [1.82, 2.24) is 0 Å². The highest BCUT2D eigenvalue weighted by atomic mass is 35.5. The smallest absolute Gasteiger partial charge is 0.329 e. The van der Waals surface area contributed by atoms with Crippen LogP contribution in [0, 0.1) is 5.92 Å². The summed E-state index contributed by atoms with van der Waals surface area (Å²) >= 11 is 11.7. The average molecular weight is 327 g/mol. The van der Waals surface area contributed by atoms with Gasteiger partial charge in [0.2, 0.25) is 0 Å². The van der Waals surface area contributed by atoms with E-state index in [9.17, 15) is 14.4 Å². The Morgan fingerprint density at radius 1 is 1.24 bits per heavy atom. The fraction of sp³-hybridized carbons (Fsp3) is 0.267. The molecular formula is C15H12Cl2O4. The Hall–Kier alpha value is -1.65. The summed E-state index contributed by atoms with van der Waals surface area (Å²) in [4.78, 5) is 35.4. The number of halogens is 2. The fourth-order valence-corrected chi connectivity index (χ4v) is 2.36. The molecule has 1 aliphatic rings. The Labute approximate surface area is 131 Å². The summed E-state index contributed by atoms with van der Waals surface area (Å²) in [5, 5.41) is 0.826. The Balaban J connectivity index is 2.03. The van der Waals surface area contributed by atoms with E-state index in [4.69, 9.17) is 27.9 Å². The van der Waals surface area contributed by atoms with Crippen molar-refractivity contribution in [2.45, 2.75) is 19.8 Å². The summed E-state index contributed by atoms with van der Waals surface area (Å²) in [6.45, 7) is 1.49. The van der Waals surface area contributed by atoms with Crippen LogP contribution in [0.25, 0.3) is 0 Å². The van der Waals surface area contributed by atoms with Crippen LogP contribution in [0.3, 0.4) is 0 Å². The van der Waals surface area contributed by atoms with Gasteiger partial charge in [0.15, 0.2) is 17.5 Å². The van der Waals surface area contributed by atoms with E-state index in [1.54, 1.807) is 18.2 Å². The van der Waals surface area contributed by atoms with Gasteiger partial charge in [0, 0.05) is 12.5 Å². The number of carbonyl (C=O) groups excluding carboxylic acids is 3. The molecule has 4 nitrogen and oxygen atoms in total. The Morgan fingerprint density at radius 2 is 1.95 bits per heavy atom. The van der Waals surface area contributed by atoms with Crippen LogP contribution in [0.1, 0.15) is 18.9 Å². The number of benzene rings is 1. The maximum Gasteiger partial charge on any atom is 0.329 e. The Kier molecular flexibility index (Phi) is 4.80.